The van der Waals surface area contributed by atoms with Crippen molar-refractivity contribution in [3.63, 3.8) is 0 Å². The van der Waals surface area contributed by atoms with E-state index in [0.29, 0.717) is 10.6 Å². The van der Waals surface area contributed by atoms with Crippen LogP contribution in [0.15, 0.2) is 34.6 Å². The molecular formula is C13H15NO4S2. The van der Waals surface area contributed by atoms with Crippen molar-refractivity contribution >= 4 is 33.3 Å². The van der Waals surface area contributed by atoms with Gasteiger partial charge < -0.3 is 10.4 Å². The summed E-state index contributed by atoms with van der Waals surface area (Å²) in [6.45, 7) is 1.95. The van der Waals surface area contributed by atoms with E-state index in [1.54, 1.807) is 24.3 Å². The summed E-state index contributed by atoms with van der Waals surface area (Å²) in [5, 5.41) is 13.5. The van der Waals surface area contributed by atoms with Gasteiger partial charge in [-0.15, -0.1) is 11.8 Å². The van der Waals surface area contributed by atoms with Gasteiger partial charge in [-0.2, -0.15) is 0 Å². The van der Waals surface area contributed by atoms with E-state index < -0.39 is 15.8 Å². The number of anilines is 1. The monoisotopic (exact) mass is 313 g/mol. The SMILES string of the molecule is CCSc1cccc(NC2C=CS(=O)(=O)C2)c1C(=O)O. The van der Waals surface area contributed by atoms with Crippen LogP contribution in [0.3, 0.4) is 0 Å². The van der Waals surface area contributed by atoms with Crippen LogP contribution in [0.4, 0.5) is 5.69 Å². The van der Waals surface area contributed by atoms with Gasteiger partial charge in [0.25, 0.3) is 0 Å². The Morgan fingerprint density at radius 1 is 1.50 bits per heavy atom. The minimum absolute atomic E-state index is 0.0444. The van der Waals surface area contributed by atoms with E-state index in [9.17, 15) is 18.3 Å². The highest BCUT2D eigenvalue weighted by Gasteiger charge is 2.24. The van der Waals surface area contributed by atoms with Crippen molar-refractivity contribution in [1.82, 2.24) is 0 Å². The van der Waals surface area contributed by atoms with Gasteiger partial charge in [-0.25, -0.2) is 13.2 Å². The van der Waals surface area contributed by atoms with E-state index in [1.165, 1.54) is 11.8 Å². The molecule has 0 radical (unpaired) electrons. The third-order valence-corrected chi connectivity index (χ3v) is 5.15. The van der Waals surface area contributed by atoms with Gasteiger partial charge in [0.2, 0.25) is 0 Å². The Labute approximate surface area is 122 Å². The van der Waals surface area contributed by atoms with Crippen LogP contribution in [-0.4, -0.2) is 37.0 Å². The number of carboxylic acid groups (broad SMARTS) is 1. The lowest BCUT2D eigenvalue weighted by Gasteiger charge is -2.16. The number of carboxylic acids is 1. The number of rotatable bonds is 5. The standard InChI is InChI=1S/C13H15NO4S2/c1-2-19-11-5-3-4-10(12(11)13(15)16)14-9-6-7-20(17,18)8-9/h3-7,9,14H,2,8H2,1H3,(H,15,16). The van der Waals surface area contributed by atoms with E-state index in [0.717, 1.165) is 11.2 Å². The average molecular weight is 313 g/mol. The Hall–Kier alpha value is -1.47. The summed E-state index contributed by atoms with van der Waals surface area (Å²) in [7, 11) is -3.16. The lowest BCUT2D eigenvalue weighted by atomic mass is 10.1. The first-order valence-corrected chi connectivity index (χ1v) is 8.79. The Balaban J connectivity index is 2.30. The molecule has 0 saturated heterocycles. The van der Waals surface area contributed by atoms with Gasteiger partial charge in [0.15, 0.2) is 9.84 Å². The van der Waals surface area contributed by atoms with Crippen LogP contribution < -0.4 is 5.32 Å². The maximum absolute atomic E-state index is 11.4. The van der Waals surface area contributed by atoms with E-state index in [-0.39, 0.29) is 17.4 Å². The van der Waals surface area contributed by atoms with Crippen LogP contribution in [-0.2, 0) is 9.84 Å². The van der Waals surface area contributed by atoms with E-state index in [4.69, 9.17) is 0 Å². The van der Waals surface area contributed by atoms with Crippen LogP contribution in [0.25, 0.3) is 0 Å². The average Bonchev–Trinajstić information content (AvgIpc) is 2.69. The molecule has 0 spiro atoms. The molecular weight excluding hydrogens is 298 g/mol. The largest absolute Gasteiger partial charge is 0.478 e. The number of benzene rings is 1. The fourth-order valence-electron chi connectivity index (χ4n) is 2.01. The summed E-state index contributed by atoms with van der Waals surface area (Å²) >= 11 is 1.45. The summed E-state index contributed by atoms with van der Waals surface area (Å²) in [6.07, 6.45) is 1.54. The molecule has 1 aromatic rings. The normalized spacial score (nSPS) is 19.9. The number of hydrogen-bond donors (Lipinski definition) is 2. The zero-order valence-corrected chi connectivity index (χ0v) is 12.5. The molecule has 1 aromatic carbocycles. The summed E-state index contributed by atoms with van der Waals surface area (Å²) in [6, 6.07) is 4.78. The Morgan fingerprint density at radius 2 is 2.25 bits per heavy atom. The van der Waals surface area contributed by atoms with Crippen molar-refractivity contribution in [3.8, 4) is 0 Å². The molecule has 0 aliphatic carbocycles. The van der Waals surface area contributed by atoms with Gasteiger partial charge in [-0.3, -0.25) is 0 Å². The van der Waals surface area contributed by atoms with Gasteiger partial charge in [-0.1, -0.05) is 19.1 Å². The maximum atomic E-state index is 11.4. The van der Waals surface area contributed by atoms with E-state index in [1.807, 2.05) is 6.92 Å². The second kappa shape index (κ2) is 5.88. The van der Waals surface area contributed by atoms with Gasteiger partial charge in [0.1, 0.15) is 0 Å². The van der Waals surface area contributed by atoms with Crippen LogP contribution in [0.5, 0.6) is 0 Å². The molecule has 1 aliphatic heterocycles. The van der Waals surface area contributed by atoms with Gasteiger partial charge in [0.05, 0.1) is 23.0 Å². The molecule has 5 nitrogen and oxygen atoms in total. The molecule has 0 aromatic heterocycles. The summed E-state index contributed by atoms with van der Waals surface area (Å²) in [5.74, 6) is -0.299. The van der Waals surface area contributed by atoms with Crippen molar-refractivity contribution in [3.05, 3.63) is 35.2 Å². The molecule has 0 amide bonds. The fourth-order valence-corrected chi connectivity index (χ4v) is 4.08. The van der Waals surface area contributed by atoms with Crippen LogP contribution >= 0.6 is 11.8 Å². The molecule has 20 heavy (non-hydrogen) atoms. The first kappa shape index (κ1) is 14.9. The molecule has 0 fully saturated rings. The highest BCUT2D eigenvalue weighted by molar-refractivity contribution is 7.99. The second-order valence-electron chi connectivity index (χ2n) is 4.33. The first-order valence-electron chi connectivity index (χ1n) is 6.09. The number of carbonyl (C=O) groups is 1. The maximum Gasteiger partial charge on any atom is 0.338 e. The molecule has 1 atom stereocenters. The fraction of sp³-hybridized carbons (Fsp3) is 0.308. The van der Waals surface area contributed by atoms with Crippen molar-refractivity contribution in [2.45, 2.75) is 17.9 Å². The van der Waals surface area contributed by atoms with Crippen molar-refractivity contribution in [2.75, 3.05) is 16.8 Å². The highest BCUT2D eigenvalue weighted by atomic mass is 32.2. The number of nitrogens with one attached hydrogen (secondary N) is 1. The van der Waals surface area contributed by atoms with Gasteiger partial charge in [0, 0.05) is 10.3 Å². The molecule has 0 saturated carbocycles. The molecule has 2 N–H and O–H groups in total. The van der Waals surface area contributed by atoms with Crippen molar-refractivity contribution in [1.29, 1.82) is 0 Å². The zero-order chi connectivity index (χ0) is 14.8. The number of aromatic carboxylic acids is 1. The van der Waals surface area contributed by atoms with Gasteiger partial charge >= 0.3 is 5.97 Å². The van der Waals surface area contributed by atoms with E-state index in [2.05, 4.69) is 5.32 Å². The Kier molecular flexibility index (Phi) is 4.39. The number of thioether (sulfide) groups is 1. The molecule has 7 heteroatoms. The third kappa shape index (κ3) is 3.34. The predicted octanol–water partition coefficient (Wildman–Crippen LogP) is 2.22. The molecule has 0 bridgehead atoms. The highest BCUT2D eigenvalue weighted by Crippen LogP contribution is 2.29. The third-order valence-electron chi connectivity index (χ3n) is 2.81. The number of hydrogen-bond acceptors (Lipinski definition) is 5. The minimum atomic E-state index is -3.16. The minimum Gasteiger partial charge on any atom is -0.478 e. The molecule has 1 aliphatic rings. The molecule has 1 heterocycles. The van der Waals surface area contributed by atoms with Crippen molar-refractivity contribution < 1.29 is 18.3 Å². The van der Waals surface area contributed by atoms with Crippen LogP contribution in [0.2, 0.25) is 0 Å². The molecule has 108 valence electrons. The Morgan fingerprint density at radius 3 is 2.80 bits per heavy atom. The van der Waals surface area contributed by atoms with Crippen molar-refractivity contribution in [2.24, 2.45) is 0 Å². The van der Waals surface area contributed by atoms with E-state index >= 15 is 0 Å². The summed E-state index contributed by atoms with van der Waals surface area (Å²) in [4.78, 5) is 12.1. The summed E-state index contributed by atoms with van der Waals surface area (Å²) in [5.41, 5.74) is 0.639. The predicted molar refractivity (Wildman–Crippen MR) is 80.1 cm³/mol. The Bertz CT molecular complexity index is 652. The number of sulfone groups is 1. The van der Waals surface area contributed by atoms with Crippen LogP contribution in [0, 0.1) is 0 Å². The smallest absolute Gasteiger partial charge is 0.338 e. The lowest BCUT2D eigenvalue weighted by molar-refractivity contribution is 0.0694. The summed E-state index contributed by atoms with van der Waals surface area (Å²) < 4.78 is 22.7. The van der Waals surface area contributed by atoms with Crippen LogP contribution in [0.1, 0.15) is 17.3 Å². The van der Waals surface area contributed by atoms with Gasteiger partial charge in [-0.05, 0) is 17.9 Å². The lowest BCUT2D eigenvalue weighted by Crippen LogP contribution is -2.22. The topological polar surface area (TPSA) is 83.5 Å². The molecule has 1 unspecified atom stereocenters. The quantitative estimate of drug-likeness (QED) is 0.811. The molecule has 2 rings (SSSR count). The second-order valence-corrected chi connectivity index (χ2v) is 7.56. The zero-order valence-electron chi connectivity index (χ0n) is 10.9. The first-order chi connectivity index (χ1) is 9.43.